The summed E-state index contributed by atoms with van der Waals surface area (Å²) >= 11 is 6.53. The molecule has 2 saturated carbocycles. The molecule has 2 aliphatic carbocycles. The number of carbonyl (C=O) groups is 3. The zero-order chi connectivity index (χ0) is 32.5. The Kier molecular flexibility index (Phi) is 9.91. The van der Waals surface area contributed by atoms with Gasteiger partial charge in [-0.25, -0.2) is 14.8 Å². The molecule has 6 atom stereocenters. The van der Waals surface area contributed by atoms with E-state index >= 15 is 0 Å². The molecule has 1 aromatic carbocycles. The van der Waals surface area contributed by atoms with Crippen LogP contribution in [-0.2, 0) is 23.9 Å². The minimum atomic E-state index is -0.870. The maximum absolute atomic E-state index is 14.4. The fourth-order valence-corrected chi connectivity index (χ4v) is 6.69. The standard InChI is InChI=1S/C34H44ClN3O7/c1-7-8-9-10-20-15-25(20)44-27(39)17-22(34(2,3)4)32(40)38-18-26(28(19-11-12-19)29(38)33(41)43-6)45-31-30(35)36-23-14-13-21(42-5)16-24(23)37-31/h7,13-14,16,19-20,22,25-26,28-29H,1,8-12,15,17-18H2,2-6H3/t20-,22-,25-,26+,28-,29+/m1/s1. The highest BCUT2D eigenvalue weighted by Gasteiger charge is 2.57. The van der Waals surface area contributed by atoms with Crippen molar-refractivity contribution in [3.05, 3.63) is 36.0 Å². The number of benzene rings is 1. The van der Waals surface area contributed by atoms with E-state index in [2.05, 4.69) is 16.5 Å². The summed E-state index contributed by atoms with van der Waals surface area (Å²) in [6.07, 6.45) is 6.73. The molecule has 3 fully saturated rings. The number of nitrogens with zero attached hydrogens (tertiary/aromatic N) is 3. The van der Waals surface area contributed by atoms with E-state index in [1.54, 1.807) is 30.2 Å². The first-order chi connectivity index (χ1) is 21.4. The van der Waals surface area contributed by atoms with E-state index in [0.29, 0.717) is 22.7 Å². The molecule has 1 amide bonds. The molecule has 1 aromatic heterocycles. The molecule has 1 saturated heterocycles. The van der Waals surface area contributed by atoms with Gasteiger partial charge in [-0.3, -0.25) is 9.59 Å². The number of unbranched alkanes of at least 4 members (excludes halogenated alkanes) is 1. The van der Waals surface area contributed by atoms with Crippen LogP contribution in [0.1, 0.15) is 65.7 Å². The fraction of sp³-hybridized carbons (Fsp3) is 0.618. The number of allylic oxidation sites excluding steroid dienone is 1. The zero-order valence-electron chi connectivity index (χ0n) is 26.8. The van der Waals surface area contributed by atoms with Gasteiger partial charge in [0.2, 0.25) is 5.91 Å². The lowest BCUT2D eigenvalue weighted by molar-refractivity contribution is -0.158. The number of rotatable bonds is 13. The number of likely N-dealkylation sites (tertiary alicyclic amines) is 1. The summed E-state index contributed by atoms with van der Waals surface area (Å²) < 4.78 is 22.8. The first-order valence-electron chi connectivity index (χ1n) is 15.8. The molecule has 244 valence electrons. The van der Waals surface area contributed by atoms with Crippen molar-refractivity contribution in [1.29, 1.82) is 0 Å². The van der Waals surface area contributed by atoms with Crippen LogP contribution in [0.15, 0.2) is 30.9 Å². The van der Waals surface area contributed by atoms with Gasteiger partial charge >= 0.3 is 11.9 Å². The Bertz CT molecular complexity index is 1440. The number of aromatic nitrogens is 2. The highest BCUT2D eigenvalue weighted by molar-refractivity contribution is 6.31. The smallest absolute Gasteiger partial charge is 0.329 e. The van der Waals surface area contributed by atoms with Crippen LogP contribution in [-0.4, -0.2) is 71.7 Å². The van der Waals surface area contributed by atoms with Crippen molar-refractivity contribution in [2.24, 2.45) is 29.1 Å². The number of hydrogen-bond donors (Lipinski definition) is 0. The highest BCUT2D eigenvalue weighted by Crippen LogP contribution is 2.48. The summed E-state index contributed by atoms with van der Waals surface area (Å²) in [4.78, 5) is 51.4. The third-order valence-electron chi connectivity index (χ3n) is 9.30. The van der Waals surface area contributed by atoms with Crippen molar-refractivity contribution in [1.82, 2.24) is 14.9 Å². The summed E-state index contributed by atoms with van der Waals surface area (Å²) in [5.41, 5.74) is 0.540. The molecule has 0 unspecified atom stereocenters. The van der Waals surface area contributed by atoms with Gasteiger partial charge in [0.25, 0.3) is 5.88 Å². The van der Waals surface area contributed by atoms with Crippen molar-refractivity contribution < 1.29 is 33.3 Å². The van der Waals surface area contributed by atoms with E-state index in [1.165, 1.54) is 7.11 Å². The minimum absolute atomic E-state index is 0.0773. The maximum atomic E-state index is 14.4. The van der Waals surface area contributed by atoms with Crippen LogP contribution >= 0.6 is 11.6 Å². The van der Waals surface area contributed by atoms with Gasteiger partial charge in [-0.1, -0.05) is 38.4 Å². The molecule has 0 N–H and O–H groups in total. The Morgan fingerprint density at radius 1 is 1.13 bits per heavy atom. The van der Waals surface area contributed by atoms with Crippen molar-refractivity contribution in [2.75, 3.05) is 20.8 Å². The topological polar surface area (TPSA) is 117 Å². The molecule has 2 heterocycles. The molecule has 0 bridgehead atoms. The Morgan fingerprint density at radius 2 is 1.89 bits per heavy atom. The average molecular weight is 642 g/mol. The van der Waals surface area contributed by atoms with Gasteiger partial charge in [-0.2, -0.15) is 0 Å². The summed E-state index contributed by atoms with van der Waals surface area (Å²) in [5, 5.41) is 0.0831. The Labute approximate surface area is 269 Å². The summed E-state index contributed by atoms with van der Waals surface area (Å²) in [5.74, 6) is -1.00. The van der Waals surface area contributed by atoms with Gasteiger partial charge in [0.15, 0.2) is 5.15 Å². The number of amides is 1. The summed E-state index contributed by atoms with van der Waals surface area (Å²) in [7, 11) is 2.89. The number of methoxy groups -OCH3 is 2. The Balaban J connectivity index is 1.37. The molecule has 0 radical (unpaired) electrons. The second-order valence-corrected chi connectivity index (χ2v) is 13.9. The number of ether oxygens (including phenoxy) is 4. The van der Waals surface area contributed by atoms with Crippen LogP contribution in [0.2, 0.25) is 5.15 Å². The normalized spacial score (nSPS) is 25.0. The van der Waals surface area contributed by atoms with Crippen LogP contribution in [0.5, 0.6) is 11.6 Å². The third kappa shape index (κ3) is 7.54. The van der Waals surface area contributed by atoms with E-state index in [0.717, 1.165) is 38.5 Å². The summed E-state index contributed by atoms with van der Waals surface area (Å²) in [6, 6.07) is 4.40. The van der Waals surface area contributed by atoms with E-state index in [9.17, 15) is 14.4 Å². The number of carbonyl (C=O) groups excluding carboxylic acids is 3. The van der Waals surface area contributed by atoms with E-state index in [1.807, 2.05) is 26.8 Å². The van der Waals surface area contributed by atoms with Gasteiger partial charge in [0.05, 0.1) is 44.1 Å². The van der Waals surface area contributed by atoms with Crippen LogP contribution < -0.4 is 9.47 Å². The predicted octanol–water partition coefficient (Wildman–Crippen LogP) is 5.79. The molecule has 0 spiro atoms. The Morgan fingerprint density at radius 3 is 2.53 bits per heavy atom. The molecular weight excluding hydrogens is 598 g/mol. The SMILES string of the molecule is C=CCCC[C@@H]1C[C@H]1OC(=O)C[C@H](C(=O)N1C[C@H](Oc2nc3cc(OC)ccc3nc2Cl)[C@@H](C2CC2)[C@H]1C(=O)OC)C(C)(C)C. The predicted molar refractivity (Wildman–Crippen MR) is 169 cm³/mol. The minimum Gasteiger partial charge on any atom is -0.497 e. The monoisotopic (exact) mass is 641 g/mol. The third-order valence-corrected chi connectivity index (χ3v) is 9.55. The van der Waals surface area contributed by atoms with Crippen molar-refractivity contribution in [3.8, 4) is 11.6 Å². The molecular formula is C34H44ClN3O7. The largest absolute Gasteiger partial charge is 0.497 e. The molecule has 5 rings (SSSR count). The van der Waals surface area contributed by atoms with Gasteiger partial charge in [0.1, 0.15) is 24.0 Å². The number of halogens is 1. The Hall–Kier alpha value is -3.40. The van der Waals surface area contributed by atoms with Crippen molar-refractivity contribution in [3.63, 3.8) is 0 Å². The van der Waals surface area contributed by atoms with Crippen LogP contribution in [0.3, 0.4) is 0 Å². The quantitative estimate of drug-likeness (QED) is 0.152. The van der Waals surface area contributed by atoms with Crippen LogP contribution in [0.4, 0.5) is 0 Å². The van der Waals surface area contributed by atoms with Crippen LogP contribution in [0, 0.1) is 29.1 Å². The van der Waals surface area contributed by atoms with Gasteiger partial charge in [0, 0.05) is 12.0 Å². The zero-order valence-corrected chi connectivity index (χ0v) is 27.5. The number of esters is 2. The molecule has 3 aliphatic rings. The molecule has 45 heavy (non-hydrogen) atoms. The van der Waals surface area contributed by atoms with E-state index in [-0.39, 0.29) is 47.8 Å². The van der Waals surface area contributed by atoms with E-state index < -0.39 is 35.4 Å². The van der Waals surface area contributed by atoms with Gasteiger partial charge in [-0.15, -0.1) is 6.58 Å². The fourth-order valence-electron chi connectivity index (χ4n) is 6.51. The van der Waals surface area contributed by atoms with Gasteiger partial charge < -0.3 is 23.8 Å². The second kappa shape index (κ2) is 13.5. The first kappa shape index (κ1) is 33.0. The van der Waals surface area contributed by atoms with E-state index in [4.69, 9.17) is 30.5 Å². The lowest BCUT2D eigenvalue weighted by Crippen LogP contribution is -2.49. The molecule has 11 heteroatoms. The summed E-state index contributed by atoms with van der Waals surface area (Å²) in [6.45, 7) is 9.64. The van der Waals surface area contributed by atoms with Crippen LogP contribution in [0.25, 0.3) is 11.0 Å². The molecule has 1 aliphatic heterocycles. The first-order valence-corrected chi connectivity index (χ1v) is 16.2. The molecule has 2 aromatic rings. The number of hydrogen-bond acceptors (Lipinski definition) is 9. The van der Waals surface area contributed by atoms with Crippen molar-refractivity contribution >= 4 is 40.5 Å². The maximum Gasteiger partial charge on any atom is 0.329 e. The average Bonchev–Trinajstić information content (AvgIpc) is 3.93. The van der Waals surface area contributed by atoms with Gasteiger partial charge in [-0.05, 0) is 67.9 Å². The lowest BCUT2D eigenvalue weighted by atomic mass is 9.77. The second-order valence-electron chi connectivity index (χ2n) is 13.6. The highest BCUT2D eigenvalue weighted by atomic mass is 35.5. The van der Waals surface area contributed by atoms with Crippen molar-refractivity contribution in [2.45, 2.75) is 84.0 Å². The lowest BCUT2D eigenvalue weighted by Gasteiger charge is -2.34. The molecule has 10 nitrogen and oxygen atoms in total. The number of fused-ring (bicyclic) bond motifs is 1.